The van der Waals surface area contributed by atoms with E-state index in [1.54, 1.807) is 19.4 Å². The number of para-hydroxylation sites is 1. The topological polar surface area (TPSA) is 90.8 Å². The van der Waals surface area contributed by atoms with Crippen LogP contribution in [0.3, 0.4) is 0 Å². The summed E-state index contributed by atoms with van der Waals surface area (Å²) >= 11 is 0. The number of likely N-dealkylation sites (N-methyl/N-ethyl adjacent to an activating group) is 1. The molecular weight excluding hydrogens is 334 g/mol. The van der Waals surface area contributed by atoms with Crippen molar-refractivity contribution in [3.63, 3.8) is 0 Å². The van der Waals surface area contributed by atoms with E-state index in [1.165, 1.54) is 4.52 Å². The van der Waals surface area contributed by atoms with Crippen molar-refractivity contribution in [1.29, 1.82) is 0 Å². The number of fused-ring (bicyclic) bond motifs is 1. The predicted molar refractivity (Wildman–Crippen MR) is 99.6 cm³/mol. The summed E-state index contributed by atoms with van der Waals surface area (Å²) in [6, 6.07) is 7.58. The number of nitrogens with zero attached hydrogens (tertiary/aromatic N) is 5. The maximum atomic E-state index is 12.1. The largest absolute Gasteiger partial charge is 0.494 e. The zero-order valence-electron chi connectivity index (χ0n) is 14.8. The molecule has 2 aromatic heterocycles. The molecule has 1 saturated heterocycles. The van der Waals surface area contributed by atoms with Gasteiger partial charge in [-0.2, -0.15) is 14.6 Å². The second kappa shape index (κ2) is 6.68. The molecule has 26 heavy (non-hydrogen) atoms. The second-order valence-electron chi connectivity index (χ2n) is 6.26. The molecule has 0 saturated carbocycles. The van der Waals surface area contributed by atoms with Crippen molar-refractivity contribution in [2.75, 3.05) is 50.6 Å². The van der Waals surface area contributed by atoms with E-state index in [2.05, 4.69) is 37.2 Å². The smallest absolute Gasteiger partial charge is 0.350 e. The van der Waals surface area contributed by atoms with Gasteiger partial charge in [0.2, 0.25) is 5.95 Å². The highest BCUT2D eigenvalue weighted by atomic mass is 16.5. The summed E-state index contributed by atoms with van der Waals surface area (Å²) in [6.07, 6.45) is 1.54. The van der Waals surface area contributed by atoms with E-state index < -0.39 is 0 Å². The minimum atomic E-state index is -0.349. The third-order valence-electron chi connectivity index (χ3n) is 4.58. The Balaban J connectivity index is 1.73. The normalized spacial score (nSPS) is 15.4. The molecule has 3 heterocycles. The Morgan fingerprint density at radius 2 is 2.00 bits per heavy atom. The van der Waals surface area contributed by atoms with Crippen molar-refractivity contribution in [2.24, 2.45) is 0 Å². The highest BCUT2D eigenvalue weighted by Gasteiger charge is 2.20. The molecule has 0 bridgehead atoms. The first-order valence-corrected chi connectivity index (χ1v) is 8.47. The van der Waals surface area contributed by atoms with Gasteiger partial charge in [0.1, 0.15) is 11.4 Å². The van der Waals surface area contributed by atoms with Crippen LogP contribution in [0.2, 0.25) is 0 Å². The Morgan fingerprint density at radius 1 is 1.19 bits per heavy atom. The summed E-state index contributed by atoms with van der Waals surface area (Å²) in [5.74, 6) is 1.04. The Bertz CT molecular complexity index is 973. The zero-order valence-corrected chi connectivity index (χ0v) is 14.8. The molecule has 0 unspecified atom stereocenters. The second-order valence-corrected chi connectivity index (χ2v) is 6.26. The molecule has 4 rings (SSSR count). The molecule has 1 aliphatic rings. The maximum absolute atomic E-state index is 12.1. The number of hydrogen-bond acceptors (Lipinski definition) is 7. The molecule has 2 N–H and O–H groups in total. The van der Waals surface area contributed by atoms with Gasteiger partial charge in [0, 0.05) is 32.2 Å². The Hall–Kier alpha value is -3.07. The van der Waals surface area contributed by atoms with Gasteiger partial charge in [-0.05, 0) is 19.2 Å². The van der Waals surface area contributed by atoms with Crippen LogP contribution in [0.1, 0.15) is 0 Å². The van der Waals surface area contributed by atoms with Crippen molar-refractivity contribution in [3.8, 4) is 5.75 Å². The summed E-state index contributed by atoms with van der Waals surface area (Å²) in [5, 5.41) is 7.18. The molecule has 0 spiro atoms. The molecule has 9 heteroatoms. The van der Waals surface area contributed by atoms with E-state index in [0.29, 0.717) is 17.3 Å². The fourth-order valence-corrected chi connectivity index (χ4v) is 3.14. The first kappa shape index (κ1) is 16.4. The Kier molecular flexibility index (Phi) is 4.21. The van der Waals surface area contributed by atoms with E-state index in [1.807, 2.05) is 18.2 Å². The minimum Gasteiger partial charge on any atom is -0.494 e. The first-order valence-electron chi connectivity index (χ1n) is 8.47. The van der Waals surface area contributed by atoms with Gasteiger partial charge in [0.05, 0.1) is 19.0 Å². The van der Waals surface area contributed by atoms with Crippen LogP contribution >= 0.6 is 0 Å². The fraction of sp³-hybridized carbons (Fsp3) is 0.353. The van der Waals surface area contributed by atoms with Crippen LogP contribution in [-0.4, -0.2) is 64.8 Å². The number of aromatic amines is 1. The zero-order chi connectivity index (χ0) is 18.1. The summed E-state index contributed by atoms with van der Waals surface area (Å²) in [4.78, 5) is 23.9. The van der Waals surface area contributed by atoms with Crippen LogP contribution < -0.4 is 20.6 Å². The summed E-state index contributed by atoms with van der Waals surface area (Å²) in [6.45, 7) is 3.83. The van der Waals surface area contributed by atoms with E-state index in [0.717, 1.165) is 37.6 Å². The molecule has 1 aliphatic heterocycles. The molecule has 0 aliphatic carbocycles. The van der Waals surface area contributed by atoms with Crippen molar-refractivity contribution in [3.05, 3.63) is 40.9 Å². The highest BCUT2D eigenvalue weighted by Crippen LogP contribution is 2.36. The number of methoxy groups -OCH3 is 1. The maximum Gasteiger partial charge on any atom is 0.350 e. The molecule has 0 radical (unpaired) electrons. The summed E-state index contributed by atoms with van der Waals surface area (Å²) in [5.41, 5.74) is 1.94. The summed E-state index contributed by atoms with van der Waals surface area (Å²) < 4.78 is 6.75. The monoisotopic (exact) mass is 355 g/mol. The van der Waals surface area contributed by atoms with Gasteiger partial charge in [0.15, 0.2) is 5.65 Å². The lowest BCUT2D eigenvalue weighted by Crippen LogP contribution is -2.44. The van der Waals surface area contributed by atoms with E-state index in [9.17, 15) is 4.79 Å². The highest BCUT2D eigenvalue weighted by molar-refractivity contribution is 5.79. The number of benzene rings is 1. The van der Waals surface area contributed by atoms with Gasteiger partial charge < -0.3 is 19.9 Å². The first-order chi connectivity index (χ1) is 12.7. The van der Waals surface area contributed by atoms with E-state index >= 15 is 0 Å². The number of ether oxygens (including phenoxy) is 1. The van der Waals surface area contributed by atoms with Crippen LogP contribution in [0.5, 0.6) is 5.75 Å². The van der Waals surface area contributed by atoms with Crippen molar-refractivity contribution >= 4 is 23.0 Å². The molecule has 0 amide bonds. The fourth-order valence-electron chi connectivity index (χ4n) is 3.14. The summed E-state index contributed by atoms with van der Waals surface area (Å²) in [7, 11) is 3.75. The Morgan fingerprint density at radius 3 is 2.77 bits per heavy atom. The number of piperazine rings is 1. The molecule has 0 atom stereocenters. The van der Waals surface area contributed by atoms with Crippen molar-refractivity contribution in [1.82, 2.24) is 24.5 Å². The van der Waals surface area contributed by atoms with Crippen molar-refractivity contribution < 1.29 is 4.74 Å². The number of H-pyrrole nitrogens is 1. The lowest BCUT2D eigenvalue weighted by atomic mass is 10.2. The number of nitrogens with one attached hydrogen (secondary N) is 2. The lowest BCUT2D eigenvalue weighted by Gasteiger charge is -2.35. The quantitative estimate of drug-likeness (QED) is 0.719. The van der Waals surface area contributed by atoms with Gasteiger partial charge in [-0.3, -0.25) is 4.98 Å². The third-order valence-corrected chi connectivity index (χ3v) is 4.58. The number of anilines is 3. The number of hydrogen-bond donors (Lipinski definition) is 2. The minimum absolute atomic E-state index is 0.349. The molecule has 1 fully saturated rings. The van der Waals surface area contributed by atoms with Crippen LogP contribution in [0, 0.1) is 0 Å². The standard InChI is InChI=1S/C17H21N7O2/c1-22-8-10-23(11-9-22)12-4-3-5-13(26-2)15(12)20-16-19-14-6-7-18-24(14)17(25)21-16/h3-7H,8-11H2,1-2H3,(H2,19,20,21,25). The van der Waals surface area contributed by atoms with Gasteiger partial charge >= 0.3 is 5.69 Å². The van der Waals surface area contributed by atoms with Crippen LogP contribution in [0.25, 0.3) is 5.65 Å². The molecular formula is C17H21N7O2. The van der Waals surface area contributed by atoms with Crippen molar-refractivity contribution in [2.45, 2.75) is 0 Å². The van der Waals surface area contributed by atoms with Crippen LogP contribution in [-0.2, 0) is 0 Å². The van der Waals surface area contributed by atoms with Gasteiger partial charge in [0.25, 0.3) is 0 Å². The van der Waals surface area contributed by atoms with Gasteiger partial charge in [-0.25, -0.2) is 4.79 Å². The Labute approximate surface area is 150 Å². The van der Waals surface area contributed by atoms with Crippen LogP contribution in [0.4, 0.5) is 17.3 Å². The lowest BCUT2D eigenvalue weighted by molar-refractivity contribution is 0.313. The van der Waals surface area contributed by atoms with E-state index in [4.69, 9.17) is 4.74 Å². The van der Waals surface area contributed by atoms with Crippen LogP contribution in [0.15, 0.2) is 35.3 Å². The average molecular weight is 355 g/mol. The van der Waals surface area contributed by atoms with Gasteiger partial charge in [-0.15, -0.1) is 0 Å². The van der Waals surface area contributed by atoms with Gasteiger partial charge in [-0.1, -0.05) is 6.07 Å². The predicted octanol–water partition coefficient (Wildman–Crippen LogP) is 0.922. The molecule has 1 aromatic carbocycles. The van der Waals surface area contributed by atoms with E-state index in [-0.39, 0.29) is 5.69 Å². The molecule has 9 nitrogen and oxygen atoms in total. The molecule has 136 valence electrons. The number of aromatic nitrogens is 4. The number of rotatable bonds is 4. The molecule has 3 aromatic rings. The SMILES string of the molecule is COc1cccc(N2CCN(C)CC2)c1Nc1nc2ccnn2c(=O)[nH]1. The third kappa shape index (κ3) is 2.97. The average Bonchev–Trinajstić information content (AvgIpc) is 3.12.